The first-order chi connectivity index (χ1) is 18.4. The van der Waals surface area contributed by atoms with Gasteiger partial charge >= 0.3 is 6.09 Å². The molecule has 5 rings (SSSR count). The van der Waals surface area contributed by atoms with Gasteiger partial charge in [-0.25, -0.2) is 29.1 Å². The van der Waals surface area contributed by atoms with Crippen LogP contribution >= 0.6 is 11.3 Å². The average molecular weight is 536 g/mol. The van der Waals surface area contributed by atoms with Gasteiger partial charge in [-0.15, -0.1) is 11.3 Å². The second-order valence-corrected chi connectivity index (χ2v) is 9.09. The highest BCUT2D eigenvalue weighted by Gasteiger charge is 2.16. The molecule has 0 spiro atoms. The summed E-state index contributed by atoms with van der Waals surface area (Å²) in [4.78, 5) is 29.6. The first-order valence-corrected chi connectivity index (χ1v) is 12.2. The van der Waals surface area contributed by atoms with E-state index in [-0.39, 0.29) is 19.0 Å². The van der Waals surface area contributed by atoms with Crippen LogP contribution in [-0.2, 0) is 4.74 Å². The van der Waals surface area contributed by atoms with E-state index in [0.717, 1.165) is 15.8 Å². The highest BCUT2D eigenvalue weighted by molar-refractivity contribution is 7.21. The van der Waals surface area contributed by atoms with Gasteiger partial charge in [0.25, 0.3) is 0 Å². The zero-order valence-corrected chi connectivity index (χ0v) is 21.5. The molecule has 194 valence electrons. The second kappa shape index (κ2) is 10.8. The van der Waals surface area contributed by atoms with Gasteiger partial charge in [0.15, 0.2) is 11.6 Å². The predicted molar refractivity (Wildman–Crippen MR) is 141 cm³/mol. The minimum absolute atomic E-state index is 0.0344. The van der Waals surface area contributed by atoms with Crippen molar-refractivity contribution in [1.82, 2.24) is 19.9 Å². The van der Waals surface area contributed by atoms with E-state index in [9.17, 15) is 9.18 Å². The van der Waals surface area contributed by atoms with Gasteiger partial charge < -0.3 is 18.9 Å². The molecule has 12 heteroatoms. The summed E-state index contributed by atoms with van der Waals surface area (Å²) in [5.41, 5.74) is 3.63. The topological polar surface area (TPSA) is 118 Å². The first kappa shape index (κ1) is 25.1. The summed E-state index contributed by atoms with van der Waals surface area (Å²) in [7, 11) is 3.06. The number of carbonyl (C=O) groups excluding carboxylic acids is 1. The number of pyridine rings is 1. The number of rotatable bonds is 8. The molecule has 0 saturated carbocycles. The molecule has 0 atom stereocenters. The molecule has 3 heterocycles. The summed E-state index contributed by atoms with van der Waals surface area (Å²) in [6.07, 6.45) is 2.31. The molecule has 0 unspecified atom stereocenters. The smallest absolute Gasteiger partial charge is 0.412 e. The van der Waals surface area contributed by atoms with E-state index in [1.54, 1.807) is 24.4 Å². The molecule has 10 nitrogen and oxygen atoms in total. The highest BCUT2D eigenvalue weighted by Crippen LogP contribution is 2.37. The Morgan fingerprint density at radius 1 is 1.00 bits per heavy atom. The fourth-order valence-corrected chi connectivity index (χ4v) is 4.66. The zero-order chi connectivity index (χ0) is 26.6. The van der Waals surface area contributed by atoms with Crippen LogP contribution in [0.25, 0.3) is 31.8 Å². The van der Waals surface area contributed by atoms with Crippen molar-refractivity contribution in [2.75, 3.05) is 32.8 Å². The average Bonchev–Trinajstić information content (AvgIpc) is 3.33. The van der Waals surface area contributed by atoms with Crippen molar-refractivity contribution in [3.8, 4) is 28.0 Å². The predicted octanol–water partition coefficient (Wildman–Crippen LogP) is 5.39. The number of ether oxygens (including phenoxy) is 4. The van der Waals surface area contributed by atoms with Crippen LogP contribution in [0.1, 0.15) is 5.56 Å². The van der Waals surface area contributed by atoms with Gasteiger partial charge in [-0.2, -0.15) is 0 Å². The molecule has 5 aromatic rings. The van der Waals surface area contributed by atoms with Crippen LogP contribution in [0.2, 0.25) is 0 Å². The van der Waals surface area contributed by atoms with Crippen LogP contribution in [0.15, 0.2) is 48.8 Å². The molecule has 0 saturated heterocycles. The van der Waals surface area contributed by atoms with Crippen LogP contribution in [0.4, 0.5) is 15.0 Å². The van der Waals surface area contributed by atoms with E-state index in [4.69, 9.17) is 18.9 Å². The molecule has 0 bridgehead atoms. The lowest BCUT2D eigenvalue weighted by Crippen LogP contribution is -2.18. The zero-order valence-electron chi connectivity index (χ0n) is 20.6. The Balaban J connectivity index is 1.27. The Morgan fingerprint density at radius 2 is 1.87 bits per heavy atom. The number of fused-ring (bicyclic) bond motifs is 2. The standard InChI is InChI=1S/C26H22FN5O5S/c1-14-8-16(24-19(9-14)30-23(35-3)13-29-24)25-31-18-10-17(27)20(11-21(18)38-25)36-6-7-37-26(33)32-22-5-4-15(34-2)12-28-22/h4-5,8-13H,6-7H2,1-3H3,(H,28,32,33). The highest BCUT2D eigenvalue weighted by atomic mass is 32.1. The Hall–Kier alpha value is -4.58. The molecule has 0 aliphatic heterocycles. The van der Waals surface area contributed by atoms with Gasteiger partial charge in [0, 0.05) is 17.7 Å². The van der Waals surface area contributed by atoms with Crippen LogP contribution < -0.4 is 19.5 Å². The number of aromatic nitrogens is 4. The lowest BCUT2D eigenvalue weighted by Gasteiger charge is -2.09. The van der Waals surface area contributed by atoms with E-state index < -0.39 is 11.9 Å². The van der Waals surface area contributed by atoms with Gasteiger partial charge in [-0.1, -0.05) is 0 Å². The molecule has 1 N–H and O–H groups in total. The molecular formula is C26H22FN5O5S. The van der Waals surface area contributed by atoms with Crippen LogP contribution in [0.5, 0.6) is 17.4 Å². The summed E-state index contributed by atoms with van der Waals surface area (Å²) >= 11 is 1.39. The minimum Gasteiger partial charge on any atom is -0.495 e. The SMILES string of the molecule is COc1ccc(NC(=O)OCCOc2cc3sc(-c4cc(C)cc5nc(OC)cnc45)nc3cc2F)nc1. The lowest BCUT2D eigenvalue weighted by atomic mass is 10.1. The Morgan fingerprint density at radius 3 is 2.63 bits per heavy atom. The number of amides is 1. The number of benzene rings is 2. The second-order valence-electron chi connectivity index (χ2n) is 8.05. The number of thiazole rings is 1. The lowest BCUT2D eigenvalue weighted by molar-refractivity contribution is 0.136. The maximum Gasteiger partial charge on any atom is 0.412 e. The van der Waals surface area contributed by atoms with Gasteiger partial charge in [0.2, 0.25) is 5.88 Å². The molecule has 1 amide bonds. The third-order valence-corrected chi connectivity index (χ3v) is 6.48. The molecule has 0 aliphatic carbocycles. The van der Waals surface area contributed by atoms with Crippen LogP contribution in [0.3, 0.4) is 0 Å². The Bertz CT molecular complexity index is 1630. The van der Waals surface area contributed by atoms with Gasteiger partial charge in [0.05, 0.1) is 47.9 Å². The van der Waals surface area contributed by atoms with Crippen molar-refractivity contribution in [3.63, 3.8) is 0 Å². The Kier molecular flexibility index (Phi) is 7.13. The third-order valence-electron chi connectivity index (χ3n) is 5.43. The van der Waals surface area contributed by atoms with Crippen LogP contribution in [-0.4, -0.2) is 53.5 Å². The largest absolute Gasteiger partial charge is 0.495 e. The van der Waals surface area contributed by atoms with Crippen molar-refractivity contribution in [3.05, 3.63) is 60.2 Å². The van der Waals surface area contributed by atoms with E-state index in [2.05, 4.69) is 25.3 Å². The maximum absolute atomic E-state index is 14.7. The van der Waals surface area contributed by atoms with Crippen molar-refractivity contribution < 1.29 is 28.1 Å². The molecule has 0 aliphatic rings. The molecule has 0 radical (unpaired) electrons. The van der Waals surface area contributed by atoms with Gasteiger partial charge in [0.1, 0.15) is 29.8 Å². The number of hydrogen-bond acceptors (Lipinski definition) is 10. The summed E-state index contributed by atoms with van der Waals surface area (Å²) in [5, 5.41) is 3.17. The number of nitrogens with one attached hydrogen (secondary N) is 1. The monoisotopic (exact) mass is 535 g/mol. The van der Waals surface area contributed by atoms with E-state index in [0.29, 0.717) is 39.0 Å². The van der Waals surface area contributed by atoms with Crippen molar-refractivity contribution >= 4 is 44.5 Å². The number of nitrogens with zero attached hydrogens (tertiary/aromatic N) is 4. The molecular weight excluding hydrogens is 513 g/mol. The normalized spacial score (nSPS) is 10.9. The quantitative estimate of drug-likeness (QED) is 0.261. The fraction of sp³-hybridized carbons (Fsp3) is 0.192. The van der Waals surface area contributed by atoms with E-state index in [1.165, 1.54) is 37.8 Å². The van der Waals surface area contributed by atoms with E-state index in [1.807, 2.05) is 19.1 Å². The summed E-state index contributed by atoms with van der Waals surface area (Å²) in [6, 6.07) is 10.0. The number of methoxy groups -OCH3 is 2. The molecule has 38 heavy (non-hydrogen) atoms. The summed E-state index contributed by atoms with van der Waals surface area (Å²) in [5.74, 6) is 0.750. The van der Waals surface area contributed by atoms with Gasteiger partial charge in [-0.05, 0) is 36.8 Å². The molecule has 0 fully saturated rings. The minimum atomic E-state index is -0.708. The Labute approximate surface area is 220 Å². The van der Waals surface area contributed by atoms with Crippen molar-refractivity contribution in [1.29, 1.82) is 0 Å². The number of anilines is 1. The fourth-order valence-electron chi connectivity index (χ4n) is 3.67. The van der Waals surface area contributed by atoms with Crippen LogP contribution in [0, 0.1) is 12.7 Å². The molecule has 2 aromatic carbocycles. The number of halogens is 1. The number of carbonyl (C=O) groups is 1. The van der Waals surface area contributed by atoms with Crippen molar-refractivity contribution in [2.45, 2.75) is 6.92 Å². The maximum atomic E-state index is 14.7. The summed E-state index contributed by atoms with van der Waals surface area (Å²) < 4.78 is 36.3. The number of hydrogen-bond donors (Lipinski definition) is 1. The van der Waals surface area contributed by atoms with Gasteiger partial charge in [-0.3, -0.25) is 5.32 Å². The third kappa shape index (κ3) is 5.39. The first-order valence-electron chi connectivity index (χ1n) is 11.4. The molecule has 3 aromatic heterocycles. The van der Waals surface area contributed by atoms with Crippen molar-refractivity contribution in [2.24, 2.45) is 0 Å². The number of aryl methyl sites for hydroxylation is 1. The van der Waals surface area contributed by atoms with E-state index >= 15 is 0 Å². The summed E-state index contributed by atoms with van der Waals surface area (Å²) in [6.45, 7) is 1.82.